The van der Waals surface area contributed by atoms with Gasteiger partial charge in [0.1, 0.15) is 0 Å². The van der Waals surface area contributed by atoms with Crippen LogP contribution in [0.4, 0.5) is 21.9 Å². The molecular formula is C23H18N4O3. The molecule has 0 atom stereocenters. The summed E-state index contributed by atoms with van der Waals surface area (Å²) in [5, 5.41) is 12.1. The lowest BCUT2D eigenvalue weighted by Crippen LogP contribution is -2.19. The molecule has 1 aromatic heterocycles. The van der Waals surface area contributed by atoms with Gasteiger partial charge in [-0.25, -0.2) is 4.79 Å². The molecule has 3 aromatic carbocycles. The van der Waals surface area contributed by atoms with Crippen LogP contribution in [0.15, 0.2) is 95.5 Å². The summed E-state index contributed by atoms with van der Waals surface area (Å²) in [5.41, 5.74) is 2.72. The number of aromatic nitrogens is 1. The number of nitrogens with one attached hydrogen (secondary N) is 3. The Hall–Kier alpha value is -4.39. The monoisotopic (exact) mass is 398 g/mol. The van der Waals surface area contributed by atoms with Crippen LogP contribution < -0.4 is 16.0 Å². The molecule has 0 unspecified atom stereocenters. The first kappa shape index (κ1) is 18.9. The second-order valence-electron chi connectivity index (χ2n) is 6.42. The zero-order chi connectivity index (χ0) is 20.8. The van der Waals surface area contributed by atoms with E-state index in [9.17, 15) is 9.59 Å². The number of carbonyl (C=O) groups excluding carboxylic acids is 2. The van der Waals surface area contributed by atoms with E-state index in [2.05, 4.69) is 21.1 Å². The second kappa shape index (κ2) is 8.74. The summed E-state index contributed by atoms with van der Waals surface area (Å²) >= 11 is 0. The van der Waals surface area contributed by atoms with E-state index >= 15 is 0 Å². The molecule has 0 saturated carbocycles. The summed E-state index contributed by atoms with van der Waals surface area (Å²) < 4.78 is 5.27. The van der Waals surface area contributed by atoms with Gasteiger partial charge in [0.25, 0.3) is 5.91 Å². The quantitative estimate of drug-likeness (QED) is 0.428. The van der Waals surface area contributed by atoms with Crippen LogP contribution in [0.3, 0.4) is 0 Å². The molecule has 3 N–H and O–H groups in total. The van der Waals surface area contributed by atoms with Crippen molar-refractivity contribution in [2.75, 3.05) is 16.0 Å². The minimum Gasteiger partial charge on any atom is -0.355 e. The fraction of sp³-hybridized carbons (Fsp3) is 0. The van der Waals surface area contributed by atoms with Crippen molar-refractivity contribution in [2.45, 2.75) is 0 Å². The highest BCUT2D eigenvalue weighted by atomic mass is 16.5. The lowest BCUT2D eigenvalue weighted by Gasteiger charge is -2.09. The van der Waals surface area contributed by atoms with Crippen LogP contribution in [0.1, 0.15) is 10.5 Å². The van der Waals surface area contributed by atoms with Gasteiger partial charge in [-0.15, -0.1) is 0 Å². The molecule has 0 bridgehead atoms. The van der Waals surface area contributed by atoms with Crippen molar-refractivity contribution in [3.05, 3.63) is 96.7 Å². The lowest BCUT2D eigenvalue weighted by molar-refractivity contribution is 0.101. The number of amides is 3. The third kappa shape index (κ3) is 4.71. The van der Waals surface area contributed by atoms with E-state index < -0.39 is 5.91 Å². The number of urea groups is 1. The lowest BCUT2D eigenvalue weighted by atomic mass is 10.1. The van der Waals surface area contributed by atoms with E-state index in [0.717, 1.165) is 5.56 Å². The Morgan fingerprint density at radius 2 is 1.27 bits per heavy atom. The van der Waals surface area contributed by atoms with E-state index in [1.54, 1.807) is 42.5 Å². The van der Waals surface area contributed by atoms with Crippen LogP contribution in [0, 0.1) is 0 Å². The summed E-state index contributed by atoms with van der Waals surface area (Å²) in [6.45, 7) is 0. The third-order valence-corrected chi connectivity index (χ3v) is 4.21. The van der Waals surface area contributed by atoms with Crippen molar-refractivity contribution in [3.63, 3.8) is 0 Å². The zero-order valence-electron chi connectivity index (χ0n) is 15.8. The third-order valence-electron chi connectivity index (χ3n) is 4.21. The first-order valence-corrected chi connectivity index (χ1v) is 9.24. The molecule has 0 fully saturated rings. The molecule has 0 radical (unpaired) electrons. The molecule has 4 rings (SSSR count). The highest BCUT2D eigenvalue weighted by Crippen LogP contribution is 2.21. The Kier molecular flexibility index (Phi) is 5.52. The Labute approximate surface area is 172 Å². The van der Waals surface area contributed by atoms with E-state index in [1.807, 2.05) is 48.5 Å². The summed E-state index contributed by atoms with van der Waals surface area (Å²) in [5.74, 6) is 0.0977. The van der Waals surface area contributed by atoms with Gasteiger partial charge in [0, 0.05) is 28.7 Å². The largest absolute Gasteiger partial charge is 0.355 e. The van der Waals surface area contributed by atoms with Crippen molar-refractivity contribution in [3.8, 4) is 11.3 Å². The topological polar surface area (TPSA) is 96.3 Å². The molecule has 30 heavy (non-hydrogen) atoms. The van der Waals surface area contributed by atoms with Gasteiger partial charge < -0.3 is 20.5 Å². The zero-order valence-corrected chi connectivity index (χ0v) is 15.8. The van der Waals surface area contributed by atoms with E-state index in [0.29, 0.717) is 22.8 Å². The predicted molar refractivity (Wildman–Crippen MR) is 115 cm³/mol. The van der Waals surface area contributed by atoms with Crippen LogP contribution in [0.25, 0.3) is 11.3 Å². The number of para-hydroxylation sites is 1. The van der Waals surface area contributed by atoms with Crippen molar-refractivity contribution in [1.29, 1.82) is 0 Å². The molecular weight excluding hydrogens is 380 g/mol. The van der Waals surface area contributed by atoms with Crippen LogP contribution in [-0.4, -0.2) is 17.1 Å². The van der Waals surface area contributed by atoms with Crippen LogP contribution in [-0.2, 0) is 0 Å². The summed E-state index contributed by atoms with van der Waals surface area (Å²) in [6.07, 6.45) is 0. The molecule has 0 aliphatic heterocycles. The van der Waals surface area contributed by atoms with Gasteiger partial charge in [0.15, 0.2) is 11.5 Å². The maximum Gasteiger partial charge on any atom is 0.323 e. The Morgan fingerprint density at radius 1 is 0.667 bits per heavy atom. The number of nitrogens with zero attached hydrogens (tertiary/aromatic N) is 1. The average molecular weight is 398 g/mol. The highest BCUT2D eigenvalue weighted by Gasteiger charge is 2.14. The smallest absolute Gasteiger partial charge is 0.323 e. The average Bonchev–Trinajstić information content (AvgIpc) is 3.26. The van der Waals surface area contributed by atoms with Crippen molar-refractivity contribution >= 4 is 29.0 Å². The van der Waals surface area contributed by atoms with Gasteiger partial charge >= 0.3 is 6.03 Å². The minimum atomic E-state index is -0.410. The SMILES string of the molecule is O=C(Nc1ccccc1)Nc1cccc(NC(=O)c2cc(-c3ccccc3)on2)c1. The molecule has 1 heterocycles. The molecule has 148 valence electrons. The molecule has 0 aliphatic carbocycles. The molecule has 0 saturated heterocycles. The van der Waals surface area contributed by atoms with Crippen LogP contribution >= 0.6 is 0 Å². The first-order chi connectivity index (χ1) is 14.7. The van der Waals surface area contributed by atoms with E-state index in [1.165, 1.54) is 0 Å². The number of benzene rings is 3. The highest BCUT2D eigenvalue weighted by molar-refractivity contribution is 6.04. The minimum absolute atomic E-state index is 0.161. The fourth-order valence-electron chi connectivity index (χ4n) is 2.81. The summed E-state index contributed by atoms with van der Waals surface area (Å²) in [7, 11) is 0. The van der Waals surface area contributed by atoms with E-state index in [4.69, 9.17) is 4.52 Å². The maximum absolute atomic E-state index is 12.5. The number of rotatable bonds is 5. The molecule has 7 heteroatoms. The Bertz CT molecular complexity index is 1160. The molecule has 3 amide bonds. The standard InChI is InChI=1S/C23H18N4O3/c28-22(20-15-21(30-27-20)16-8-3-1-4-9-16)24-18-12-7-13-19(14-18)26-23(29)25-17-10-5-2-6-11-17/h1-15H,(H,24,28)(H2,25,26,29). The van der Waals surface area contributed by atoms with Gasteiger partial charge in [-0.1, -0.05) is 59.8 Å². The first-order valence-electron chi connectivity index (χ1n) is 9.24. The Balaban J connectivity index is 1.40. The second-order valence-corrected chi connectivity index (χ2v) is 6.42. The molecule has 4 aromatic rings. The summed E-state index contributed by atoms with van der Waals surface area (Å²) in [6, 6.07) is 26.5. The fourth-order valence-corrected chi connectivity index (χ4v) is 2.81. The number of hydrogen-bond acceptors (Lipinski definition) is 4. The van der Waals surface area contributed by atoms with Crippen molar-refractivity contribution < 1.29 is 14.1 Å². The molecule has 7 nitrogen and oxygen atoms in total. The normalized spacial score (nSPS) is 10.3. The van der Waals surface area contributed by atoms with Crippen LogP contribution in [0.2, 0.25) is 0 Å². The summed E-state index contributed by atoms with van der Waals surface area (Å²) in [4.78, 5) is 24.6. The van der Waals surface area contributed by atoms with Crippen LogP contribution in [0.5, 0.6) is 0 Å². The van der Waals surface area contributed by atoms with Gasteiger partial charge in [0.05, 0.1) is 0 Å². The number of anilines is 3. The number of hydrogen-bond donors (Lipinski definition) is 3. The van der Waals surface area contributed by atoms with Crippen molar-refractivity contribution in [2.24, 2.45) is 0 Å². The van der Waals surface area contributed by atoms with Crippen molar-refractivity contribution in [1.82, 2.24) is 5.16 Å². The molecule has 0 aliphatic rings. The molecule has 0 spiro atoms. The van der Waals surface area contributed by atoms with Gasteiger partial charge in [0.2, 0.25) is 0 Å². The van der Waals surface area contributed by atoms with Gasteiger partial charge in [-0.05, 0) is 30.3 Å². The van der Waals surface area contributed by atoms with E-state index in [-0.39, 0.29) is 11.7 Å². The maximum atomic E-state index is 12.5. The predicted octanol–water partition coefficient (Wildman–Crippen LogP) is 5.24. The van der Waals surface area contributed by atoms with Gasteiger partial charge in [-0.3, -0.25) is 4.79 Å². The van der Waals surface area contributed by atoms with Gasteiger partial charge in [-0.2, -0.15) is 0 Å². The number of carbonyl (C=O) groups is 2. The Morgan fingerprint density at radius 3 is 2.00 bits per heavy atom.